The maximum atomic E-state index is 6.37. The quantitative estimate of drug-likeness (QED) is 0.235. The molecule has 0 bridgehead atoms. The van der Waals surface area contributed by atoms with Gasteiger partial charge in [-0.25, -0.2) is 19.5 Å². The molecule has 7 nitrogen and oxygen atoms in total. The monoisotopic (exact) mass is 506 g/mol. The minimum atomic E-state index is 0.507. The van der Waals surface area contributed by atoms with Gasteiger partial charge in [-0.05, 0) is 67.8 Å². The molecule has 0 aliphatic carbocycles. The Kier molecular flexibility index (Phi) is 4.52. The van der Waals surface area contributed by atoms with Crippen LogP contribution in [0.1, 0.15) is 11.4 Å². The fourth-order valence-corrected chi connectivity index (χ4v) is 5.57. The lowest BCUT2D eigenvalue weighted by Gasteiger charge is -2.11. The average Bonchev–Trinajstić information content (AvgIpc) is 3.51. The molecule has 5 aromatic heterocycles. The van der Waals surface area contributed by atoms with Gasteiger partial charge in [-0.2, -0.15) is 5.10 Å². The van der Waals surface area contributed by atoms with Crippen LogP contribution in [0.25, 0.3) is 54.9 Å². The number of aryl methyl sites for hydroxylation is 2. The van der Waals surface area contributed by atoms with Crippen molar-refractivity contribution in [1.82, 2.24) is 29.1 Å². The first-order valence-electron chi connectivity index (χ1n) is 12.8. The Balaban J connectivity index is 1.31. The summed E-state index contributed by atoms with van der Waals surface area (Å²) in [7, 11) is 0. The van der Waals surface area contributed by atoms with Crippen molar-refractivity contribution >= 4 is 49.1 Å². The summed E-state index contributed by atoms with van der Waals surface area (Å²) < 4.78 is 10.4. The van der Waals surface area contributed by atoms with E-state index in [1.54, 1.807) is 0 Å². The van der Waals surface area contributed by atoms with Crippen LogP contribution < -0.4 is 4.74 Å². The number of fused-ring (bicyclic) bond motifs is 9. The van der Waals surface area contributed by atoms with Crippen molar-refractivity contribution in [2.45, 2.75) is 13.8 Å². The van der Waals surface area contributed by atoms with Gasteiger partial charge in [0.1, 0.15) is 17.4 Å². The lowest BCUT2D eigenvalue weighted by atomic mass is 10.0. The molecule has 5 heterocycles. The molecule has 8 aromatic rings. The second-order valence-corrected chi connectivity index (χ2v) is 9.80. The Bertz CT molecular complexity index is 2230. The van der Waals surface area contributed by atoms with Gasteiger partial charge in [0.25, 0.3) is 0 Å². The Morgan fingerprint density at radius 3 is 2.46 bits per heavy atom. The predicted octanol–water partition coefficient (Wildman–Crippen LogP) is 7.33. The fraction of sp³-hybridized carbons (Fsp3) is 0.0625. The molecule has 39 heavy (non-hydrogen) atoms. The van der Waals surface area contributed by atoms with E-state index >= 15 is 0 Å². The molecule has 0 amide bonds. The molecule has 0 saturated heterocycles. The molecule has 8 rings (SSSR count). The van der Waals surface area contributed by atoms with Gasteiger partial charge in [-0.3, -0.25) is 4.57 Å². The van der Waals surface area contributed by atoms with Gasteiger partial charge in [0.05, 0.1) is 16.6 Å². The second kappa shape index (κ2) is 8.10. The molecule has 0 saturated carbocycles. The normalized spacial score (nSPS) is 11.8. The number of hydrogen-bond acceptors (Lipinski definition) is 5. The van der Waals surface area contributed by atoms with Crippen molar-refractivity contribution in [2.24, 2.45) is 0 Å². The van der Waals surface area contributed by atoms with Gasteiger partial charge in [0.15, 0.2) is 5.65 Å². The summed E-state index contributed by atoms with van der Waals surface area (Å²) in [6, 6.07) is 28.7. The summed E-state index contributed by atoms with van der Waals surface area (Å²) in [6.07, 6.45) is 3.69. The zero-order valence-corrected chi connectivity index (χ0v) is 21.3. The van der Waals surface area contributed by atoms with Crippen molar-refractivity contribution in [3.8, 4) is 17.4 Å². The van der Waals surface area contributed by atoms with Gasteiger partial charge < -0.3 is 4.74 Å². The Labute approximate surface area is 223 Å². The van der Waals surface area contributed by atoms with E-state index in [-0.39, 0.29) is 0 Å². The molecule has 3 aromatic carbocycles. The van der Waals surface area contributed by atoms with E-state index in [1.165, 1.54) is 5.56 Å². The first kappa shape index (κ1) is 21.8. The SMILES string of the molecule is Cc1ccc2c(c1)c1ccc(Oc3cc4c(cn3)c3ccccc3n4-c3ccccn3)cc1c1nc(C)nn21. The van der Waals surface area contributed by atoms with E-state index in [2.05, 4.69) is 63.0 Å². The maximum absolute atomic E-state index is 6.37. The van der Waals surface area contributed by atoms with Crippen molar-refractivity contribution < 1.29 is 4.74 Å². The zero-order valence-electron chi connectivity index (χ0n) is 21.3. The third kappa shape index (κ3) is 3.30. The predicted molar refractivity (Wildman–Crippen MR) is 154 cm³/mol. The van der Waals surface area contributed by atoms with Crippen molar-refractivity contribution in [3.05, 3.63) is 109 Å². The molecule has 0 unspecified atom stereocenters. The van der Waals surface area contributed by atoms with Gasteiger partial charge in [-0.15, -0.1) is 0 Å². The Hall–Kier alpha value is -5.30. The molecule has 0 aliphatic heterocycles. The molecule has 186 valence electrons. The highest BCUT2D eigenvalue weighted by Crippen LogP contribution is 2.36. The topological polar surface area (TPSA) is 70.1 Å². The largest absolute Gasteiger partial charge is 0.439 e. The lowest BCUT2D eigenvalue weighted by Crippen LogP contribution is -1.97. The molecule has 0 aliphatic rings. The van der Waals surface area contributed by atoms with Crippen LogP contribution in [0.5, 0.6) is 11.6 Å². The molecule has 0 radical (unpaired) electrons. The Morgan fingerprint density at radius 2 is 1.56 bits per heavy atom. The average molecular weight is 507 g/mol. The van der Waals surface area contributed by atoms with Crippen LogP contribution in [0.4, 0.5) is 0 Å². The highest BCUT2D eigenvalue weighted by atomic mass is 16.5. The van der Waals surface area contributed by atoms with Crippen LogP contribution in [0.3, 0.4) is 0 Å². The molecule has 0 spiro atoms. The van der Waals surface area contributed by atoms with Crippen LogP contribution >= 0.6 is 0 Å². The molecule has 0 atom stereocenters. The lowest BCUT2D eigenvalue weighted by molar-refractivity contribution is 0.464. The number of benzene rings is 3. The minimum Gasteiger partial charge on any atom is -0.439 e. The van der Waals surface area contributed by atoms with Crippen molar-refractivity contribution in [2.75, 3.05) is 0 Å². The maximum Gasteiger partial charge on any atom is 0.221 e. The summed E-state index contributed by atoms with van der Waals surface area (Å²) in [5.74, 6) is 2.76. The molecular formula is C32H22N6O. The third-order valence-electron chi connectivity index (χ3n) is 7.25. The van der Waals surface area contributed by atoms with E-state index in [9.17, 15) is 0 Å². The van der Waals surface area contributed by atoms with Crippen molar-refractivity contribution in [1.29, 1.82) is 0 Å². The van der Waals surface area contributed by atoms with Gasteiger partial charge >= 0.3 is 0 Å². The summed E-state index contributed by atoms with van der Waals surface area (Å²) >= 11 is 0. The zero-order chi connectivity index (χ0) is 26.1. The van der Waals surface area contributed by atoms with Crippen LogP contribution in [0, 0.1) is 13.8 Å². The fourth-order valence-electron chi connectivity index (χ4n) is 5.57. The smallest absolute Gasteiger partial charge is 0.221 e. The Morgan fingerprint density at radius 1 is 0.667 bits per heavy atom. The third-order valence-corrected chi connectivity index (χ3v) is 7.25. The van der Waals surface area contributed by atoms with Crippen LogP contribution in [0.2, 0.25) is 0 Å². The molecule has 0 fully saturated rings. The molecular weight excluding hydrogens is 484 g/mol. The van der Waals surface area contributed by atoms with E-state index in [0.717, 1.165) is 60.8 Å². The second-order valence-electron chi connectivity index (χ2n) is 9.80. The van der Waals surface area contributed by atoms with Crippen molar-refractivity contribution in [3.63, 3.8) is 0 Å². The summed E-state index contributed by atoms with van der Waals surface area (Å²) in [5.41, 5.74) is 5.09. The van der Waals surface area contributed by atoms with Gasteiger partial charge in [0, 0.05) is 40.0 Å². The first-order valence-corrected chi connectivity index (χ1v) is 12.8. The summed E-state index contributed by atoms with van der Waals surface area (Å²) in [5, 5.41) is 10.1. The number of hydrogen-bond donors (Lipinski definition) is 0. The summed E-state index contributed by atoms with van der Waals surface area (Å²) in [6.45, 7) is 4.02. The van der Waals surface area contributed by atoms with E-state index < -0.39 is 0 Å². The molecule has 0 N–H and O–H groups in total. The van der Waals surface area contributed by atoms with Crippen LogP contribution in [0.15, 0.2) is 97.3 Å². The minimum absolute atomic E-state index is 0.507. The highest BCUT2D eigenvalue weighted by Gasteiger charge is 2.16. The number of ether oxygens (including phenoxy) is 1. The van der Waals surface area contributed by atoms with E-state index in [0.29, 0.717) is 11.6 Å². The van der Waals surface area contributed by atoms with E-state index in [1.807, 2.05) is 72.4 Å². The standard InChI is InChI=1S/C32H22N6O/c1-19-10-13-28-24(15-19)22-12-11-21(16-25(22)32-35-20(2)36-38(28)32)39-31-17-29-26(18-34-31)23-7-3-4-8-27(23)37(29)30-9-5-6-14-33-30/h3-18H,1-2H3. The first-order chi connectivity index (χ1) is 19.1. The van der Waals surface area contributed by atoms with Gasteiger partial charge in [-0.1, -0.05) is 35.9 Å². The van der Waals surface area contributed by atoms with Crippen LogP contribution in [-0.2, 0) is 0 Å². The summed E-state index contributed by atoms with van der Waals surface area (Å²) in [4.78, 5) is 14.0. The number of para-hydroxylation sites is 1. The number of nitrogens with zero attached hydrogens (tertiary/aromatic N) is 6. The molecule has 7 heteroatoms. The highest BCUT2D eigenvalue weighted by molar-refractivity contribution is 6.12. The number of aromatic nitrogens is 6. The van der Waals surface area contributed by atoms with Gasteiger partial charge in [0.2, 0.25) is 5.88 Å². The number of rotatable bonds is 3. The van der Waals surface area contributed by atoms with E-state index in [4.69, 9.17) is 9.72 Å². The van der Waals surface area contributed by atoms with Crippen LogP contribution in [-0.4, -0.2) is 29.1 Å². The number of pyridine rings is 3.